The first-order chi connectivity index (χ1) is 27.8. The van der Waals surface area contributed by atoms with E-state index in [9.17, 15) is 0 Å². The zero-order valence-corrected chi connectivity index (χ0v) is 30.3. The van der Waals surface area contributed by atoms with Crippen molar-refractivity contribution in [2.45, 2.75) is 5.41 Å². The van der Waals surface area contributed by atoms with Gasteiger partial charge in [-0.25, -0.2) is 15.0 Å². The van der Waals surface area contributed by atoms with Crippen LogP contribution < -0.4 is 0 Å². The molecule has 1 aliphatic rings. The lowest BCUT2D eigenvalue weighted by molar-refractivity contribution is 0.669. The van der Waals surface area contributed by atoms with Crippen molar-refractivity contribution in [1.82, 2.24) is 15.0 Å². The van der Waals surface area contributed by atoms with Gasteiger partial charge in [0.1, 0.15) is 11.2 Å². The standard InChI is InChI=1S/C52H33N3O/c1-5-17-34(18-6-1)49-53-50(35-19-7-2-8-20-35)55-51(54-49)47-39(31-32-43-42-26-14-16-28-46(42)56-48(43)47)36-29-30-41-40-25-13-15-27-44(40)52(45(41)33-36,37-21-9-3-10-22-37)38-23-11-4-12-24-38/h1-33H. The smallest absolute Gasteiger partial charge is 0.168 e. The molecule has 0 saturated carbocycles. The second kappa shape index (κ2) is 12.9. The molecule has 1 aliphatic carbocycles. The number of hydrogen-bond donors (Lipinski definition) is 0. The van der Waals surface area contributed by atoms with Crippen molar-refractivity contribution in [3.05, 3.63) is 222 Å². The fourth-order valence-electron chi connectivity index (χ4n) is 8.78. The fourth-order valence-corrected chi connectivity index (χ4v) is 8.78. The first-order valence-corrected chi connectivity index (χ1v) is 18.9. The lowest BCUT2D eigenvalue weighted by Gasteiger charge is -2.34. The number of rotatable bonds is 6. The molecule has 11 rings (SSSR count). The van der Waals surface area contributed by atoms with E-state index in [1.165, 1.54) is 33.4 Å². The maximum atomic E-state index is 6.81. The summed E-state index contributed by atoms with van der Waals surface area (Å²) < 4.78 is 6.81. The van der Waals surface area contributed by atoms with Crippen molar-refractivity contribution >= 4 is 21.9 Å². The van der Waals surface area contributed by atoms with Crippen LogP contribution in [0.4, 0.5) is 0 Å². The van der Waals surface area contributed by atoms with E-state index in [4.69, 9.17) is 19.4 Å². The van der Waals surface area contributed by atoms with Crippen LogP contribution in [-0.4, -0.2) is 15.0 Å². The average Bonchev–Trinajstić information content (AvgIpc) is 3.81. The largest absolute Gasteiger partial charge is 0.455 e. The molecular weight excluding hydrogens is 683 g/mol. The second-order valence-corrected chi connectivity index (χ2v) is 14.3. The Balaban J connectivity index is 1.23. The molecule has 2 aromatic heterocycles. The van der Waals surface area contributed by atoms with Crippen molar-refractivity contribution in [1.29, 1.82) is 0 Å². The number of nitrogens with zero attached hydrogens (tertiary/aromatic N) is 3. The minimum absolute atomic E-state index is 0.539. The lowest BCUT2D eigenvalue weighted by atomic mass is 9.67. The highest BCUT2D eigenvalue weighted by atomic mass is 16.3. The third-order valence-corrected chi connectivity index (χ3v) is 11.2. The van der Waals surface area contributed by atoms with Gasteiger partial charge in [-0.2, -0.15) is 0 Å². The van der Waals surface area contributed by atoms with E-state index in [0.717, 1.165) is 49.8 Å². The van der Waals surface area contributed by atoms with Crippen molar-refractivity contribution in [3.8, 4) is 56.4 Å². The van der Waals surface area contributed by atoms with Gasteiger partial charge in [0.25, 0.3) is 0 Å². The molecule has 8 aromatic carbocycles. The third-order valence-electron chi connectivity index (χ3n) is 11.2. The van der Waals surface area contributed by atoms with Crippen molar-refractivity contribution < 1.29 is 4.42 Å². The van der Waals surface area contributed by atoms with E-state index in [-0.39, 0.29) is 0 Å². The summed E-state index contributed by atoms with van der Waals surface area (Å²) in [4.78, 5) is 15.5. The van der Waals surface area contributed by atoms with Gasteiger partial charge in [-0.05, 0) is 62.7 Å². The number of fused-ring (bicyclic) bond motifs is 6. The molecule has 0 fully saturated rings. The fraction of sp³-hybridized carbons (Fsp3) is 0.0192. The lowest BCUT2D eigenvalue weighted by Crippen LogP contribution is -2.28. The summed E-state index contributed by atoms with van der Waals surface area (Å²) >= 11 is 0. The van der Waals surface area contributed by atoms with Crippen LogP contribution in [0.1, 0.15) is 22.3 Å². The van der Waals surface area contributed by atoms with Gasteiger partial charge >= 0.3 is 0 Å². The summed E-state index contributed by atoms with van der Waals surface area (Å²) in [6, 6.07) is 70.5. The van der Waals surface area contributed by atoms with Crippen LogP contribution in [0, 0.1) is 0 Å². The van der Waals surface area contributed by atoms with E-state index >= 15 is 0 Å². The number of para-hydroxylation sites is 1. The van der Waals surface area contributed by atoms with Crippen LogP contribution >= 0.6 is 0 Å². The number of aromatic nitrogens is 3. The van der Waals surface area contributed by atoms with Gasteiger partial charge in [-0.15, -0.1) is 0 Å². The molecule has 0 N–H and O–H groups in total. The van der Waals surface area contributed by atoms with Gasteiger partial charge in [0.2, 0.25) is 0 Å². The van der Waals surface area contributed by atoms with Crippen LogP contribution in [-0.2, 0) is 5.41 Å². The monoisotopic (exact) mass is 715 g/mol. The zero-order chi connectivity index (χ0) is 37.1. The Kier molecular flexibility index (Phi) is 7.36. The minimum Gasteiger partial charge on any atom is -0.455 e. The Bertz CT molecular complexity index is 2970. The number of hydrogen-bond acceptors (Lipinski definition) is 4. The quantitative estimate of drug-likeness (QED) is 0.172. The molecule has 0 spiro atoms. The molecule has 56 heavy (non-hydrogen) atoms. The van der Waals surface area contributed by atoms with Gasteiger partial charge in [0.15, 0.2) is 17.5 Å². The van der Waals surface area contributed by atoms with Crippen molar-refractivity contribution in [2.24, 2.45) is 0 Å². The first kappa shape index (κ1) is 32.0. The SMILES string of the molecule is c1ccc(-c2nc(-c3ccccc3)nc(-c3c(-c4ccc5c(c4)C(c4ccccc4)(c4ccccc4)c4ccccc4-5)ccc4c3oc3ccccc34)n2)cc1. The van der Waals surface area contributed by atoms with Gasteiger partial charge < -0.3 is 4.42 Å². The van der Waals surface area contributed by atoms with Crippen molar-refractivity contribution in [2.75, 3.05) is 0 Å². The van der Waals surface area contributed by atoms with Gasteiger partial charge in [-0.1, -0.05) is 182 Å². The average molecular weight is 716 g/mol. The predicted octanol–water partition coefficient (Wildman–Crippen LogP) is 12.8. The summed E-state index contributed by atoms with van der Waals surface area (Å²) in [7, 11) is 0. The van der Waals surface area contributed by atoms with E-state index in [0.29, 0.717) is 17.5 Å². The highest BCUT2D eigenvalue weighted by Gasteiger charge is 2.46. The summed E-state index contributed by atoms with van der Waals surface area (Å²) in [6.45, 7) is 0. The molecule has 0 radical (unpaired) electrons. The van der Waals surface area contributed by atoms with E-state index in [2.05, 4.69) is 127 Å². The molecule has 4 heteroatoms. The summed E-state index contributed by atoms with van der Waals surface area (Å²) in [5.41, 5.74) is 13.1. The van der Waals surface area contributed by atoms with Gasteiger partial charge in [-0.3, -0.25) is 0 Å². The molecule has 262 valence electrons. The zero-order valence-electron chi connectivity index (χ0n) is 30.3. The van der Waals surface area contributed by atoms with Crippen LogP contribution in [0.5, 0.6) is 0 Å². The normalized spacial score (nSPS) is 12.8. The Morgan fingerprint density at radius 2 is 0.875 bits per heavy atom. The molecule has 0 amide bonds. The Hall–Kier alpha value is -7.43. The Labute approximate surface area is 324 Å². The molecule has 2 heterocycles. The topological polar surface area (TPSA) is 51.8 Å². The third kappa shape index (κ3) is 4.89. The van der Waals surface area contributed by atoms with Gasteiger partial charge in [0.05, 0.1) is 11.0 Å². The maximum absolute atomic E-state index is 6.81. The molecule has 4 nitrogen and oxygen atoms in total. The highest BCUT2D eigenvalue weighted by molar-refractivity contribution is 6.12. The van der Waals surface area contributed by atoms with Crippen molar-refractivity contribution in [3.63, 3.8) is 0 Å². The molecular formula is C52H33N3O. The summed E-state index contributed by atoms with van der Waals surface area (Å²) in [5.74, 6) is 1.76. The highest BCUT2D eigenvalue weighted by Crippen LogP contribution is 2.57. The number of benzene rings is 8. The maximum Gasteiger partial charge on any atom is 0.168 e. The Morgan fingerprint density at radius 3 is 1.54 bits per heavy atom. The molecule has 0 saturated heterocycles. The molecule has 0 bridgehead atoms. The Morgan fingerprint density at radius 1 is 0.357 bits per heavy atom. The van der Waals surface area contributed by atoms with E-state index in [1.807, 2.05) is 72.8 Å². The van der Waals surface area contributed by atoms with Crippen LogP contribution in [0.3, 0.4) is 0 Å². The predicted molar refractivity (Wildman–Crippen MR) is 226 cm³/mol. The van der Waals surface area contributed by atoms with Crippen LogP contribution in [0.2, 0.25) is 0 Å². The molecule has 10 aromatic rings. The van der Waals surface area contributed by atoms with Crippen LogP contribution in [0.15, 0.2) is 205 Å². The van der Waals surface area contributed by atoms with E-state index in [1.54, 1.807) is 0 Å². The molecule has 0 atom stereocenters. The summed E-state index contributed by atoms with van der Waals surface area (Å²) in [6.07, 6.45) is 0. The molecule has 0 aliphatic heterocycles. The van der Waals surface area contributed by atoms with Gasteiger partial charge in [0, 0.05) is 21.9 Å². The summed E-state index contributed by atoms with van der Waals surface area (Å²) in [5, 5.41) is 2.06. The second-order valence-electron chi connectivity index (χ2n) is 14.3. The minimum atomic E-state index is -0.539. The van der Waals surface area contributed by atoms with Crippen LogP contribution in [0.25, 0.3) is 78.4 Å². The first-order valence-electron chi connectivity index (χ1n) is 18.9. The van der Waals surface area contributed by atoms with E-state index < -0.39 is 5.41 Å². The number of furan rings is 1. The molecule has 0 unspecified atom stereocenters.